The van der Waals surface area contributed by atoms with Crippen molar-refractivity contribution < 1.29 is 10.2 Å². The molecule has 120 valence electrons. The minimum Gasteiger partial charge on any atom is -0.396 e. The molecule has 1 unspecified atom stereocenters. The second-order valence-electron chi connectivity index (χ2n) is 5.65. The lowest BCUT2D eigenvalue weighted by atomic mass is 10.0. The maximum atomic E-state index is 8.75. The molecule has 0 bridgehead atoms. The van der Waals surface area contributed by atoms with E-state index in [0.29, 0.717) is 12.5 Å². The highest BCUT2D eigenvalue weighted by Crippen LogP contribution is 2.10. The first-order valence-corrected chi connectivity index (χ1v) is 8.02. The lowest BCUT2D eigenvalue weighted by molar-refractivity contribution is 0.212. The van der Waals surface area contributed by atoms with Gasteiger partial charge in [0.05, 0.1) is 6.61 Å². The summed E-state index contributed by atoms with van der Waals surface area (Å²) in [6.45, 7) is 11.1. The van der Waals surface area contributed by atoms with Gasteiger partial charge in [0, 0.05) is 6.61 Å². The summed E-state index contributed by atoms with van der Waals surface area (Å²) in [6.07, 6.45) is 11.1. The monoisotopic (exact) mass is 284 g/mol. The topological polar surface area (TPSA) is 40.5 Å². The molecule has 0 amide bonds. The van der Waals surface area contributed by atoms with Crippen LogP contribution in [0.1, 0.15) is 73.1 Å². The van der Waals surface area contributed by atoms with Crippen molar-refractivity contribution >= 4 is 0 Å². The molecule has 0 fully saturated rings. The maximum absolute atomic E-state index is 8.75. The van der Waals surface area contributed by atoms with Crippen LogP contribution in [0.3, 0.4) is 0 Å². The molecule has 0 aromatic carbocycles. The van der Waals surface area contributed by atoms with Crippen LogP contribution in [0, 0.1) is 5.92 Å². The predicted molar refractivity (Wildman–Crippen MR) is 89.9 cm³/mol. The van der Waals surface area contributed by atoms with Crippen molar-refractivity contribution in [2.75, 3.05) is 13.2 Å². The number of rotatable bonds is 9. The number of hydrogen-bond donors (Lipinski definition) is 2. The molecule has 0 rings (SSSR count). The molecule has 20 heavy (non-hydrogen) atoms. The van der Waals surface area contributed by atoms with Crippen LogP contribution in [0.4, 0.5) is 0 Å². The highest BCUT2D eigenvalue weighted by Gasteiger charge is 2.01. The Bertz CT molecular complexity index is 246. The van der Waals surface area contributed by atoms with Gasteiger partial charge in [0.15, 0.2) is 0 Å². The fraction of sp³-hybridized carbons (Fsp3) is 0.778. The Morgan fingerprint density at radius 2 is 1.70 bits per heavy atom. The molecule has 0 saturated heterocycles. The summed E-state index contributed by atoms with van der Waals surface area (Å²) >= 11 is 0. The number of hydrogen-bond acceptors (Lipinski definition) is 2. The Labute approximate surface area is 126 Å². The molecule has 0 heterocycles. The van der Waals surface area contributed by atoms with E-state index in [4.69, 9.17) is 10.2 Å². The van der Waals surface area contributed by atoms with Crippen LogP contribution in [-0.2, 0) is 0 Å². The first kappa shape index (κ1) is 21.7. The SMILES string of the molecule is CC(C)=CCC/C(C)=C/CO.CCCCC(CC)CO. The van der Waals surface area contributed by atoms with Crippen LogP contribution in [0.2, 0.25) is 0 Å². The Morgan fingerprint density at radius 1 is 1.05 bits per heavy atom. The summed E-state index contributed by atoms with van der Waals surface area (Å²) in [4.78, 5) is 0. The van der Waals surface area contributed by atoms with Crippen LogP contribution in [-0.4, -0.2) is 23.4 Å². The summed E-state index contributed by atoms with van der Waals surface area (Å²) in [6, 6.07) is 0. The Kier molecular flexibility index (Phi) is 17.8. The van der Waals surface area contributed by atoms with Crippen LogP contribution in [0.25, 0.3) is 0 Å². The van der Waals surface area contributed by atoms with Gasteiger partial charge in [0.1, 0.15) is 0 Å². The average molecular weight is 284 g/mol. The van der Waals surface area contributed by atoms with Crippen molar-refractivity contribution in [2.45, 2.75) is 73.1 Å². The van der Waals surface area contributed by atoms with Gasteiger partial charge >= 0.3 is 0 Å². The molecule has 0 aromatic heterocycles. The zero-order chi connectivity index (χ0) is 15.8. The Morgan fingerprint density at radius 3 is 2.10 bits per heavy atom. The van der Waals surface area contributed by atoms with Gasteiger partial charge in [0.25, 0.3) is 0 Å². The average Bonchev–Trinajstić information content (AvgIpc) is 2.40. The smallest absolute Gasteiger partial charge is 0.0614 e. The molecular formula is C18H36O2. The molecule has 0 aliphatic rings. The first-order chi connectivity index (χ1) is 9.51. The maximum Gasteiger partial charge on any atom is 0.0614 e. The second-order valence-corrected chi connectivity index (χ2v) is 5.65. The molecule has 0 aliphatic heterocycles. The van der Waals surface area contributed by atoms with Crippen LogP contribution < -0.4 is 0 Å². The number of unbranched alkanes of at least 4 members (excludes halogenated alkanes) is 1. The highest BCUT2D eigenvalue weighted by atomic mass is 16.3. The normalized spacial score (nSPS) is 12.4. The van der Waals surface area contributed by atoms with E-state index in [1.54, 1.807) is 0 Å². The number of allylic oxidation sites excluding steroid dienone is 3. The third-order valence-electron chi connectivity index (χ3n) is 3.33. The van der Waals surface area contributed by atoms with Crippen molar-refractivity contribution in [3.8, 4) is 0 Å². The van der Waals surface area contributed by atoms with Crippen LogP contribution in [0.5, 0.6) is 0 Å². The van der Waals surface area contributed by atoms with E-state index in [1.807, 2.05) is 6.08 Å². The van der Waals surface area contributed by atoms with E-state index in [1.165, 1.54) is 30.4 Å². The number of aliphatic hydroxyl groups excluding tert-OH is 2. The fourth-order valence-corrected chi connectivity index (χ4v) is 1.76. The molecule has 2 nitrogen and oxygen atoms in total. The molecule has 1 atom stereocenters. The van der Waals surface area contributed by atoms with Crippen molar-refractivity contribution in [3.05, 3.63) is 23.3 Å². The Hall–Kier alpha value is -0.600. The van der Waals surface area contributed by atoms with Gasteiger partial charge in [-0.2, -0.15) is 0 Å². The van der Waals surface area contributed by atoms with Gasteiger partial charge in [0.2, 0.25) is 0 Å². The van der Waals surface area contributed by atoms with Crippen molar-refractivity contribution in [3.63, 3.8) is 0 Å². The van der Waals surface area contributed by atoms with Gasteiger partial charge in [-0.25, -0.2) is 0 Å². The van der Waals surface area contributed by atoms with Crippen LogP contribution >= 0.6 is 0 Å². The van der Waals surface area contributed by atoms with E-state index >= 15 is 0 Å². The minimum absolute atomic E-state index is 0.167. The molecule has 2 N–H and O–H groups in total. The van der Waals surface area contributed by atoms with Gasteiger partial charge in [-0.3, -0.25) is 0 Å². The zero-order valence-corrected chi connectivity index (χ0v) is 14.3. The van der Waals surface area contributed by atoms with Crippen molar-refractivity contribution in [1.82, 2.24) is 0 Å². The van der Waals surface area contributed by atoms with Crippen molar-refractivity contribution in [1.29, 1.82) is 0 Å². The predicted octanol–water partition coefficient (Wildman–Crippen LogP) is 4.87. The summed E-state index contributed by atoms with van der Waals surface area (Å²) in [5.74, 6) is 0.560. The van der Waals surface area contributed by atoms with Gasteiger partial charge < -0.3 is 10.2 Å². The van der Waals surface area contributed by atoms with Gasteiger partial charge in [-0.1, -0.05) is 56.4 Å². The summed E-state index contributed by atoms with van der Waals surface area (Å²) in [5.41, 5.74) is 2.63. The van der Waals surface area contributed by atoms with E-state index in [9.17, 15) is 0 Å². The lowest BCUT2D eigenvalue weighted by Crippen LogP contribution is -2.03. The second kappa shape index (κ2) is 16.5. The number of aliphatic hydroxyl groups is 2. The lowest BCUT2D eigenvalue weighted by Gasteiger charge is -2.08. The fourth-order valence-electron chi connectivity index (χ4n) is 1.76. The van der Waals surface area contributed by atoms with Crippen LogP contribution in [0.15, 0.2) is 23.3 Å². The minimum atomic E-state index is 0.167. The summed E-state index contributed by atoms with van der Waals surface area (Å²) < 4.78 is 0. The van der Waals surface area contributed by atoms with Crippen molar-refractivity contribution in [2.24, 2.45) is 5.92 Å². The largest absolute Gasteiger partial charge is 0.396 e. The Balaban J connectivity index is 0. The van der Waals surface area contributed by atoms with E-state index < -0.39 is 0 Å². The molecule has 2 heteroatoms. The summed E-state index contributed by atoms with van der Waals surface area (Å²) in [5, 5.41) is 17.3. The standard InChI is InChI=1S/C10H18O.C8H18O/c1-9(2)5-4-6-10(3)7-8-11;1-3-5-6-8(4-2)7-9/h5,7,11H,4,6,8H2,1-3H3;8-9H,3-7H2,1-2H3/b10-7+;. The molecule has 0 aliphatic carbocycles. The highest BCUT2D eigenvalue weighted by molar-refractivity contribution is 5.01. The van der Waals surface area contributed by atoms with E-state index in [2.05, 4.69) is 40.7 Å². The third-order valence-corrected chi connectivity index (χ3v) is 3.33. The summed E-state index contributed by atoms with van der Waals surface area (Å²) in [7, 11) is 0. The molecule has 0 aromatic rings. The van der Waals surface area contributed by atoms with Gasteiger partial charge in [-0.05, 0) is 46.0 Å². The first-order valence-electron chi connectivity index (χ1n) is 8.02. The molecular weight excluding hydrogens is 248 g/mol. The molecule has 0 spiro atoms. The molecule has 0 radical (unpaired) electrons. The van der Waals surface area contributed by atoms with E-state index in [-0.39, 0.29) is 6.61 Å². The zero-order valence-electron chi connectivity index (χ0n) is 14.3. The quantitative estimate of drug-likeness (QED) is 0.593. The van der Waals surface area contributed by atoms with E-state index in [0.717, 1.165) is 19.3 Å². The third kappa shape index (κ3) is 17.4. The molecule has 0 saturated carbocycles. The van der Waals surface area contributed by atoms with Gasteiger partial charge in [-0.15, -0.1) is 0 Å².